The van der Waals surface area contributed by atoms with E-state index < -0.39 is 48.5 Å². The number of carbonyl (C=O) groups excluding carboxylic acids is 1. The maximum atomic E-state index is 14.8. The van der Waals surface area contributed by atoms with Crippen LogP contribution in [0.5, 0.6) is 0 Å². The van der Waals surface area contributed by atoms with Gasteiger partial charge in [-0.25, -0.2) is 18.8 Å². The highest BCUT2D eigenvalue weighted by molar-refractivity contribution is 7.15. The number of nitrogens with zero attached hydrogens (tertiary/aromatic N) is 3. The summed E-state index contributed by atoms with van der Waals surface area (Å²) in [7, 11) is 0. The molecule has 2 unspecified atom stereocenters. The Balaban J connectivity index is 1.95. The number of halogens is 5. The molecule has 218 valence electrons. The van der Waals surface area contributed by atoms with Crippen molar-refractivity contribution in [2.45, 2.75) is 72.5 Å². The lowest BCUT2D eigenvalue weighted by molar-refractivity contribution is -0.0913. The maximum absolute atomic E-state index is 14.8. The highest BCUT2D eigenvalue weighted by Gasteiger charge is 2.47. The second kappa shape index (κ2) is 12.6. The fourth-order valence-electron chi connectivity index (χ4n) is 4.69. The highest BCUT2D eigenvalue weighted by atomic mass is 32.1. The van der Waals surface area contributed by atoms with Gasteiger partial charge >= 0.3 is 6.18 Å². The molecule has 40 heavy (non-hydrogen) atoms. The van der Waals surface area contributed by atoms with E-state index in [0.29, 0.717) is 21.9 Å². The van der Waals surface area contributed by atoms with Crippen LogP contribution in [0.15, 0.2) is 52.3 Å². The van der Waals surface area contributed by atoms with Crippen LogP contribution >= 0.6 is 11.3 Å². The van der Waals surface area contributed by atoms with Crippen LogP contribution in [0.25, 0.3) is 10.4 Å². The lowest BCUT2D eigenvalue weighted by Crippen LogP contribution is -2.58. The second-order valence-electron chi connectivity index (χ2n) is 10.2. The summed E-state index contributed by atoms with van der Waals surface area (Å²) in [6.07, 6.45) is -2.80. The summed E-state index contributed by atoms with van der Waals surface area (Å²) in [5.41, 5.74) is 1.67. The average Bonchev–Trinajstić information content (AvgIpc) is 3.26. The van der Waals surface area contributed by atoms with Gasteiger partial charge in [0.05, 0.1) is 28.0 Å². The Morgan fingerprint density at radius 1 is 1.30 bits per heavy atom. The molecule has 2 aromatic rings. The van der Waals surface area contributed by atoms with Crippen molar-refractivity contribution in [3.8, 4) is 10.4 Å². The number of carbonyl (C=O) groups is 1. The Labute approximate surface area is 235 Å². The van der Waals surface area contributed by atoms with Gasteiger partial charge in [-0.05, 0) is 51.2 Å². The number of allylic oxidation sites excluding steroid dienone is 3. The number of benzene rings is 1. The fraction of sp³-hybridized carbons (Fsp3) is 0.483. The van der Waals surface area contributed by atoms with Crippen LogP contribution in [-0.2, 0) is 0 Å². The van der Waals surface area contributed by atoms with Crippen LogP contribution in [0.1, 0.15) is 61.6 Å². The van der Waals surface area contributed by atoms with Crippen LogP contribution in [0, 0.1) is 19.8 Å². The third-order valence-electron chi connectivity index (χ3n) is 6.94. The lowest BCUT2D eigenvalue weighted by Gasteiger charge is -2.43. The summed E-state index contributed by atoms with van der Waals surface area (Å²) in [5, 5.41) is 3.69. The molecule has 1 aliphatic rings. The third kappa shape index (κ3) is 7.56. The molecule has 1 aliphatic heterocycles. The number of thiazole rings is 1. The zero-order valence-corrected chi connectivity index (χ0v) is 24.3. The molecule has 2 heterocycles. The number of hydrogen-bond acceptors (Lipinski definition) is 5. The predicted octanol–water partition coefficient (Wildman–Crippen LogP) is 7.72. The largest absolute Gasteiger partial charge is 0.417 e. The van der Waals surface area contributed by atoms with Crippen molar-refractivity contribution in [1.82, 2.24) is 15.2 Å². The Morgan fingerprint density at radius 2 is 2.00 bits per heavy atom. The van der Waals surface area contributed by atoms with E-state index in [2.05, 4.69) is 15.3 Å². The molecular formula is C29H35F5N4OS. The molecule has 3 rings (SSSR count). The van der Waals surface area contributed by atoms with Crippen LogP contribution in [0.3, 0.4) is 0 Å². The number of rotatable bonds is 8. The van der Waals surface area contributed by atoms with Crippen LogP contribution in [-0.4, -0.2) is 53.2 Å². The van der Waals surface area contributed by atoms with Gasteiger partial charge in [-0.2, -0.15) is 13.2 Å². The van der Waals surface area contributed by atoms with Gasteiger partial charge in [0.15, 0.2) is 0 Å². The van der Waals surface area contributed by atoms with E-state index in [1.807, 2.05) is 38.1 Å². The van der Waals surface area contributed by atoms with E-state index in [0.717, 1.165) is 28.3 Å². The van der Waals surface area contributed by atoms with Crippen molar-refractivity contribution in [3.05, 3.63) is 63.6 Å². The zero-order valence-electron chi connectivity index (χ0n) is 23.5. The summed E-state index contributed by atoms with van der Waals surface area (Å²) in [6.45, 7) is 9.43. The zero-order chi connectivity index (χ0) is 29.8. The highest BCUT2D eigenvalue weighted by Crippen LogP contribution is 2.37. The molecule has 11 heteroatoms. The molecule has 1 fully saturated rings. The van der Waals surface area contributed by atoms with E-state index in [1.54, 1.807) is 20.8 Å². The fourth-order valence-corrected chi connectivity index (χ4v) is 5.60. The topological polar surface area (TPSA) is 57.6 Å². The van der Waals surface area contributed by atoms with E-state index in [4.69, 9.17) is 0 Å². The quantitative estimate of drug-likeness (QED) is 0.256. The molecule has 1 N–H and O–H groups in total. The molecule has 2 atom stereocenters. The van der Waals surface area contributed by atoms with E-state index >= 15 is 0 Å². The Hall–Kier alpha value is -3.08. The van der Waals surface area contributed by atoms with Crippen molar-refractivity contribution in [1.29, 1.82) is 0 Å². The van der Waals surface area contributed by atoms with E-state index in [1.165, 1.54) is 18.3 Å². The van der Waals surface area contributed by atoms with Gasteiger partial charge in [-0.3, -0.25) is 4.79 Å². The first-order valence-electron chi connectivity index (χ1n) is 13.1. The molecule has 0 bridgehead atoms. The average molecular weight is 583 g/mol. The van der Waals surface area contributed by atoms with Gasteiger partial charge in [0, 0.05) is 19.2 Å². The minimum atomic E-state index is -4.56. The third-order valence-corrected chi connectivity index (χ3v) is 7.96. The number of likely N-dealkylation sites (tertiary alicyclic amines) is 1. The lowest BCUT2D eigenvalue weighted by atomic mass is 9.88. The van der Waals surface area contributed by atoms with Gasteiger partial charge in [-0.1, -0.05) is 49.8 Å². The van der Waals surface area contributed by atoms with Crippen molar-refractivity contribution < 1.29 is 26.7 Å². The number of piperidine rings is 1. The molecule has 5 nitrogen and oxygen atoms in total. The Kier molecular flexibility index (Phi) is 9.92. The molecule has 0 aliphatic carbocycles. The molecule has 1 aromatic heterocycles. The van der Waals surface area contributed by atoms with Crippen molar-refractivity contribution in [2.75, 3.05) is 13.1 Å². The van der Waals surface area contributed by atoms with Gasteiger partial charge < -0.3 is 10.2 Å². The molecule has 1 amide bonds. The number of alkyl halides is 5. The predicted molar refractivity (Wildman–Crippen MR) is 150 cm³/mol. The molecule has 1 aromatic carbocycles. The molecule has 0 saturated carbocycles. The van der Waals surface area contributed by atoms with Gasteiger partial charge in [0.1, 0.15) is 11.5 Å². The summed E-state index contributed by atoms with van der Waals surface area (Å²) in [4.78, 5) is 24.1. The number of hydrogen-bond donors (Lipinski definition) is 1. The first-order valence-corrected chi connectivity index (χ1v) is 13.9. The van der Waals surface area contributed by atoms with Gasteiger partial charge in [-0.15, -0.1) is 11.3 Å². The monoisotopic (exact) mass is 582 g/mol. The van der Waals surface area contributed by atoms with Crippen LogP contribution in [0.2, 0.25) is 0 Å². The Bertz CT molecular complexity index is 1310. The molecule has 1 saturated heterocycles. The van der Waals surface area contributed by atoms with Crippen LogP contribution < -0.4 is 5.32 Å². The first-order chi connectivity index (χ1) is 18.7. The van der Waals surface area contributed by atoms with Crippen molar-refractivity contribution in [2.24, 2.45) is 10.9 Å². The Morgan fingerprint density at radius 3 is 2.60 bits per heavy atom. The molecule has 0 spiro atoms. The summed E-state index contributed by atoms with van der Waals surface area (Å²) in [5.74, 6) is -4.08. The number of aryl methyl sites for hydroxylation is 2. The molecular weight excluding hydrogens is 547 g/mol. The number of aliphatic imine (C=N–C) groups is 1. The maximum Gasteiger partial charge on any atom is 0.417 e. The number of aromatic nitrogens is 1. The van der Waals surface area contributed by atoms with Crippen molar-refractivity contribution in [3.63, 3.8) is 0 Å². The number of nitrogens with one attached hydrogen (secondary N) is 1. The van der Waals surface area contributed by atoms with Crippen LogP contribution in [0.4, 0.5) is 22.0 Å². The standard InChI is InChI=1S/C29H35F5N4OS/c1-7-18(4)26(35-14-22(8-2)29(32,33)34)36-15-23-19(5)13-28(30,31)16-38(23)27(39)24-25(40-20(6)37-24)21-11-9-10-17(3)12-21/h8-12,14,19,23,36H,7,13,15-16H2,1-6H3/b22-8+,26-18+,35-14-. The van der Waals surface area contributed by atoms with Gasteiger partial charge in [0.2, 0.25) is 0 Å². The SMILES string of the molecule is C\C=C(/C=N\C(NCC1C(C)CC(F)(F)CN1C(=O)c1nc(C)sc1-c1cccc(C)c1)=C(\C)CC)C(F)(F)F. The summed E-state index contributed by atoms with van der Waals surface area (Å²) in [6, 6.07) is 6.89. The normalized spacial score (nSPS) is 20.6. The smallest absolute Gasteiger partial charge is 0.368 e. The minimum absolute atomic E-state index is 0.0348. The first kappa shape index (κ1) is 31.4. The second-order valence-corrected chi connectivity index (χ2v) is 11.4. The molecule has 0 radical (unpaired) electrons. The number of amides is 1. The van der Waals surface area contributed by atoms with Gasteiger partial charge in [0.25, 0.3) is 11.8 Å². The van der Waals surface area contributed by atoms with E-state index in [-0.39, 0.29) is 18.1 Å². The van der Waals surface area contributed by atoms with Crippen molar-refractivity contribution >= 4 is 23.5 Å². The summed E-state index contributed by atoms with van der Waals surface area (Å²) >= 11 is 1.32. The summed E-state index contributed by atoms with van der Waals surface area (Å²) < 4.78 is 69.3. The minimum Gasteiger partial charge on any atom is -0.368 e. The van der Waals surface area contributed by atoms with E-state index in [9.17, 15) is 26.7 Å².